The van der Waals surface area contributed by atoms with E-state index in [9.17, 15) is 0 Å². The van der Waals surface area contributed by atoms with E-state index in [1.165, 1.54) is 49.6 Å². The second kappa shape index (κ2) is 7.31. The molecule has 1 aromatic carbocycles. The normalized spacial score (nSPS) is 15.4. The van der Waals surface area contributed by atoms with Gasteiger partial charge in [-0.25, -0.2) is 9.97 Å². The Morgan fingerprint density at radius 2 is 1.92 bits per heavy atom. The molecule has 128 valence electrons. The van der Waals surface area contributed by atoms with Gasteiger partial charge in [0.25, 0.3) is 0 Å². The molecule has 0 aliphatic heterocycles. The van der Waals surface area contributed by atoms with Crippen molar-refractivity contribution in [1.29, 1.82) is 0 Å². The van der Waals surface area contributed by atoms with Gasteiger partial charge in [-0.2, -0.15) is 0 Å². The third-order valence-electron chi connectivity index (χ3n) is 4.91. The topological polar surface area (TPSA) is 42.7 Å². The van der Waals surface area contributed by atoms with Crippen LogP contribution in [0, 0.1) is 0 Å². The van der Waals surface area contributed by atoms with E-state index in [4.69, 9.17) is 0 Å². The first kappa shape index (κ1) is 16.2. The monoisotopic (exact) mass is 350 g/mol. The van der Waals surface area contributed by atoms with Gasteiger partial charge in [-0.1, -0.05) is 38.0 Å². The lowest BCUT2D eigenvalue weighted by atomic mass is 9.84. The van der Waals surface area contributed by atoms with Crippen molar-refractivity contribution < 1.29 is 0 Å². The number of aromatic nitrogens is 3. The molecule has 2 heterocycles. The Bertz CT molecular complexity index is 863. The number of nitrogens with zero attached hydrogens (tertiary/aromatic N) is 3. The average molecular weight is 350 g/mol. The molecule has 0 spiro atoms. The summed E-state index contributed by atoms with van der Waals surface area (Å²) in [6.07, 6.45) is 10.4. The molecule has 0 radical (unpaired) electrons. The highest BCUT2D eigenvalue weighted by atomic mass is 32.2. The molecule has 1 fully saturated rings. The zero-order chi connectivity index (χ0) is 17.1. The summed E-state index contributed by atoms with van der Waals surface area (Å²) < 4.78 is 5.30. The number of hydrogen-bond donors (Lipinski definition) is 1. The van der Waals surface area contributed by atoms with Gasteiger partial charge in [0, 0.05) is 5.69 Å². The fourth-order valence-corrected chi connectivity index (χ4v) is 3.94. The molecule has 1 aliphatic carbocycles. The zero-order valence-corrected chi connectivity index (χ0v) is 15.0. The molecule has 0 atom stereocenters. The van der Waals surface area contributed by atoms with E-state index in [1.54, 1.807) is 11.6 Å². The maximum atomic E-state index is 4.43. The number of anilines is 1. The SMILES string of the molecule is C=CSNc1cnc2ncn(-c3ccc(C4CCCCC4)cc3)c2c1. The van der Waals surface area contributed by atoms with Crippen molar-refractivity contribution in [3.8, 4) is 5.69 Å². The van der Waals surface area contributed by atoms with Crippen LogP contribution in [0.5, 0.6) is 0 Å². The van der Waals surface area contributed by atoms with Crippen molar-refractivity contribution in [2.45, 2.75) is 38.0 Å². The highest BCUT2D eigenvalue weighted by molar-refractivity contribution is 8.03. The number of hydrogen-bond acceptors (Lipinski definition) is 4. The number of imidazole rings is 1. The molecule has 1 saturated carbocycles. The molecule has 3 aromatic rings. The van der Waals surface area contributed by atoms with Gasteiger partial charge in [0.1, 0.15) is 6.33 Å². The van der Waals surface area contributed by atoms with Crippen LogP contribution in [0.3, 0.4) is 0 Å². The number of rotatable bonds is 5. The van der Waals surface area contributed by atoms with Crippen molar-refractivity contribution in [1.82, 2.24) is 14.5 Å². The quantitative estimate of drug-likeness (QED) is 0.602. The second-order valence-corrected chi connectivity index (χ2v) is 7.27. The maximum Gasteiger partial charge on any atom is 0.178 e. The fraction of sp³-hybridized carbons (Fsp3) is 0.300. The lowest BCUT2D eigenvalue weighted by Crippen LogP contribution is -2.04. The van der Waals surface area contributed by atoms with Crippen LogP contribution in [0.25, 0.3) is 16.9 Å². The number of benzene rings is 1. The number of fused-ring (bicyclic) bond motifs is 1. The maximum absolute atomic E-state index is 4.43. The van der Waals surface area contributed by atoms with E-state index in [0.29, 0.717) is 0 Å². The molecule has 0 amide bonds. The largest absolute Gasteiger partial charge is 0.325 e. The molecule has 0 unspecified atom stereocenters. The summed E-state index contributed by atoms with van der Waals surface area (Å²) in [6, 6.07) is 11.0. The van der Waals surface area contributed by atoms with E-state index in [2.05, 4.69) is 56.2 Å². The minimum Gasteiger partial charge on any atom is -0.325 e. The predicted molar refractivity (Wildman–Crippen MR) is 106 cm³/mol. The van der Waals surface area contributed by atoms with E-state index in [0.717, 1.165) is 28.5 Å². The summed E-state index contributed by atoms with van der Waals surface area (Å²) in [4.78, 5) is 8.85. The Balaban J connectivity index is 1.63. The Kier molecular flexibility index (Phi) is 4.74. The van der Waals surface area contributed by atoms with E-state index in [-0.39, 0.29) is 0 Å². The van der Waals surface area contributed by atoms with Crippen LogP contribution >= 0.6 is 11.9 Å². The van der Waals surface area contributed by atoms with Crippen LogP contribution in [-0.4, -0.2) is 14.5 Å². The lowest BCUT2D eigenvalue weighted by molar-refractivity contribution is 0.443. The first-order valence-corrected chi connectivity index (χ1v) is 9.69. The Hall–Kier alpha value is -2.27. The Morgan fingerprint density at radius 3 is 2.68 bits per heavy atom. The van der Waals surface area contributed by atoms with E-state index < -0.39 is 0 Å². The van der Waals surface area contributed by atoms with Gasteiger partial charge in [0.05, 0.1) is 17.4 Å². The summed E-state index contributed by atoms with van der Waals surface area (Å²) >= 11 is 1.44. The molecule has 1 N–H and O–H groups in total. The fourth-order valence-electron chi connectivity index (χ4n) is 3.61. The zero-order valence-electron chi connectivity index (χ0n) is 14.2. The van der Waals surface area contributed by atoms with Crippen LogP contribution < -0.4 is 4.72 Å². The second-order valence-electron chi connectivity index (χ2n) is 6.49. The third-order valence-corrected chi connectivity index (χ3v) is 5.43. The summed E-state index contributed by atoms with van der Waals surface area (Å²) in [5.74, 6) is 0.732. The van der Waals surface area contributed by atoms with Crippen molar-refractivity contribution >= 4 is 28.8 Å². The third kappa shape index (κ3) is 3.42. The summed E-state index contributed by atoms with van der Waals surface area (Å²) in [6.45, 7) is 3.70. The highest BCUT2D eigenvalue weighted by Crippen LogP contribution is 2.33. The lowest BCUT2D eigenvalue weighted by Gasteiger charge is -2.22. The molecule has 4 rings (SSSR count). The van der Waals surface area contributed by atoms with Crippen LogP contribution in [0.1, 0.15) is 43.6 Å². The molecule has 2 aromatic heterocycles. The first-order chi connectivity index (χ1) is 12.3. The van der Waals surface area contributed by atoms with Crippen LogP contribution in [0.2, 0.25) is 0 Å². The molecule has 4 nitrogen and oxygen atoms in total. The number of nitrogens with one attached hydrogen (secondary N) is 1. The van der Waals surface area contributed by atoms with Crippen LogP contribution in [-0.2, 0) is 0 Å². The minimum atomic E-state index is 0.732. The molecule has 0 saturated heterocycles. The number of pyridine rings is 1. The van der Waals surface area contributed by atoms with Crippen molar-refractivity contribution in [2.24, 2.45) is 0 Å². The van der Waals surface area contributed by atoms with Gasteiger partial charge >= 0.3 is 0 Å². The summed E-state index contributed by atoms with van der Waals surface area (Å²) in [5.41, 5.74) is 5.29. The predicted octanol–water partition coefficient (Wildman–Crippen LogP) is 5.67. The molecular weight excluding hydrogens is 328 g/mol. The Morgan fingerprint density at radius 1 is 1.12 bits per heavy atom. The van der Waals surface area contributed by atoms with Gasteiger partial charge in [0.15, 0.2) is 5.65 Å². The smallest absolute Gasteiger partial charge is 0.178 e. The molecule has 25 heavy (non-hydrogen) atoms. The van der Waals surface area contributed by atoms with Crippen LogP contribution in [0.15, 0.2) is 54.8 Å². The van der Waals surface area contributed by atoms with Crippen molar-refractivity contribution in [2.75, 3.05) is 4.72 Å². The van der Waals surface area contributed by atoms with Gasteiger partial charge in [-0.15, -0.1) is 0 Å². The average Bonchev–Trinajstić information content (AvgIpc) is 3.10. The minimum absolute atomic E-state index is 0.732. The first-order valence-electron chi connectivity index (χ1n) is 8.81. The summed E-state index contributed by atoms with van der Waals surface area (Å²) in [7, 11) is 0. The molecule has 5 heteroatoms. The van der Waals surface area contributed by atoms with Gasteiger partial charge in [0.2, 0.25) is 0 Å². The Labute approximate surface area is 152 Å². The van der Waals surface area contributed by atoms with Crippen molar-refractivity contribution in [3.63, 3.8) is 0 Å². The van der Waals surface area contributed by atoms with E-state index in [1.807, 2.05) is 6.33 Å². The van der Waals surface area contributed by atoms with E-state index >= 15 is 0 Å². The van der Waals surface area contributed by atoms with Gasteiger partial charge < -0.3 is 4.72 Å². The van der Waals surface area contributed by atoms with Crippen molar-refractivity contribution in [3.05, 3.63) is 60.4 Å². The molecular formula is C20H22N4S. The molecule has 1 aliphatic rings. The molecule has 0 bridgehead atoms. The summed E-state index contributed by atoms with van der Waals surface area (Å²) in [5, 5.41) is 1.76. The van der Waals surface area contributed by atoms with Crippen LogP contribution in [0.4, 0.5) is 5.69 Å². The van der Waals surface area contributed by atoms with Gasteiger partial charge in [-0.05, 0) is 59.9 Å². The standard InChI is InChI=1S/C20H22N4S/c1-2-25-23-17-12-19-20(21-13-17)22-14-24(19)18-10-8-16(9-11-18)15-6-4-3-5-7-15/h2,8-15,23H,1,3-7H2. The highest BCUT2D eigenvalue weighted by Gasteiger charge is 2.15. The van der Waals surface area contributed by atoms with Gasteiger partial charge in [-0.3, -0.25) is 4.57 Å².